The van der Waals surface area contributed by atoms with Crippen LogP contribution in [0.1, 0.15) is 10.4 Å². The summed E-state index contributed by atoms with van der Waals surface area (Å²) in [5.41, 5.74) is 3.34. The quantitative estimate of drug-likeness (QED) is 0.631. The van der Waals surface area contributed by atoms with Crippen molar-refractivity contribution in [3.63, 3.8) is 0 Å². The Morgan fingerprint density at radius 3 is 2.36 bits per heavy atom. The maximum Gasteiger partial charge on any atom is 0.257 e. The van der Waals surface area contributed by atoms with Gasteiger partial charge < -0.3 is 5.32 Å². The first kappa shape index (κ1) is 17.1. The number of para-hydroxylation sites is 1. The number of rotatable bonds is 3. The Bertz CT molecular complexity index is 912. The second-order valence-electron chi connectivity index (χ2n) is 5.33. The number of thiocarbonyl (C=S) groups is 1. The molecule has 5 heteroatoms. The monoisotopic (exact) mass is 366 g/mol. The Labute approximate surface area is 156 Å². The van der Waals surface area contributed by atoms with Gasteiger partial charge in [0, 0.05) is 21.8 Å². The van der Waals surface area contributed by atoms with Gasteiger partial charge in [-0.1, -0.05) is 66.2 Å². The molecule has 0 aliphatic heterocycles. The van der Waals surface area contributed by atoms with Gasteiger partial charge >= 0.3 is 0 Å². The van der Waals surface area contributed by atoms with Crippen molar-refractivity contribution in [2.45, 2.75) is 0 Å². The molecule has 0 radical (unpaired) electrons. The molecule has 0 aromatic heterocycles. The van der Waals surface area contributed by atoms with E-state index in [2.05, 4.69) is 10.6 Å². The van der Waals surface area contributed by atoms with Crippen LogP contribution in [-0.2, 0) is 0 Å². The van der Waals surface area contributed by atoms with E-state index in [0.29, 0.717) is 10.6 Å². The van der Waals surface area contributed by atoms with E-state index in [1.165, 1.54) is 0 Å². The van der Waals surface area contributed by atoms with Crippen molar-refractivity contribution in [2.24, 2.45) is 0 Å². The zero-order valence-electron chi connectivity index (χ0n) is 13.2. The summed E-state index contributed by atoms with van der Waals surface area (Å²) < 4.78 is 0. The number of hydrogen-bond donors (Lipinski definition) is 2. The molecular formula is C20H15ClN2OS. The highest BCUT2D eigenvalue weighted by Gasteiger charge is 2.10. The number of nitrogens with one attached hydrogen (secondary N) is 2. The summed E-state index contributed by atoms with van der Waals surface area (Å²) >= 11 is 11.2. The molecule has 0 aliphatic rings. The molecule has 3 nitrogen and oxygen atoms in total. The van der Waals surface area contributed by atoms with E-state index >= 15 is 0 Å². The highest BCUT2D eigenvalue weighted by Crippen LogP contribution is 2.27. The van der Waals surface area contributed by atoms with Crippen LogP contribution in [0.3, 0.4) is 0 Å². The van der Waals surface area contributed by atoms with E-state index in [9.17, 15) is 4.79 Å². The van der Waals surface area contributed by atoms with Crippen LogP contribution < -0.4 is 10.6 Å². The van der Waals surface area contributed by atoms with Gasteiger partial charge in [-0.05, 0) is 42.0 Å². The van der Waals surface area contributed by atoms with Gasteiger partial charge in [0.1, 0.15) is 0 Å². The third-order valence-electron chi connectivity index (χ3n) is 3.57. The van der Waals surface area contributed by atoms with Crippen molar-refractivity contribution >= 4 is 40.5 Å². The zero-order valence-corrected chi connectivity index (χ0v) is 14.8. The lowest BCUT2D eigenvalue weighted by Crippen LogP contribution is -2.34. The van der Waals surface area contributed by atoms with Crippen molar-refractivity contribution in [1.29, 1.82) is 0 Å². The van der Waals surface area contributed by atoms with Crippen LogP contribution in [0.4, 0.5) is 5.69 Å². The SMILES string of the molecule is O=C(NC(=S)Nc1ccccc1-c1ccccc1)c1cccc(Cl)c1. The van der Waals surface area contributed by atoms with Crippen molar-refractivity contribution in [3.8, 4) is 11.1 Å². The number of benzene rings is 3. The Morgan fingerprint density at radius 1 is 0.880 bits per heavy atom. The highest BCUT2D eigenvalue weighted by molar-refractivity contribution is 7.80. The number of anilines is 1. The fourth-order valence-electron chi connectivity index (χ4n) is 2.42. The zero-order chi connectivity index (χ0) is 17.6. The van der Waals surface area contributed by atoms with Crippen LogP contribution in [0, 0.1) is 0 Å². The predicted molar refractivity (Wildman–Crippen MR) is 107 cm³/mol. The van der Waals surface area contributed by atoms with Crippen molar-refractivity contribution < 1.29 is 4.79 Å². The van der Waals surface area contributed by atoms with Crippen LogP contribution in [0.2, 0.25) is 5.02 Å². The van der Waals surface area contributed by atoms with Crippen LogP contribution in [-0.4, -0.2) is 11.0 Å². The normalized spacial score (nSPS) is 10.1. The summed E-state index contributed by atoms with van der Waals surface area (Å²) in [6, 6.07) is 24.5. The van der Waals surface area contributed by atoms with Crippen LogP contribution >= 0.6 is 23.8 Å². The van der Waals surface area contributed by atoms with Gasteiger partial charge in [-0.25, -0.2) is 0 Å². The molecule has 0 saturated carbocycles. The fourth-order valence-corrected chi connectivity index (χ4v) is 2.81. The minimum absolute atomic E-state index is 0.230. The average molecular weight is 367 g/mol. The lowest BCUT2D eigenvalue weighted by Gasteiger charge is -2.14. The average Bonchev–Trinajstić information content (AvgIpc) is 2.63. The Morgan fingerprint density at radius 2 is 1.60 bits per heavy atom. The molecule has 0 fully saturated rings. The van der Waals surface area contributed by atoms with Crippen molar-refractivity contribution in [3.05, 3.63) is 89.4 Å². The van der Waals surface area contributed by atoms with Gasteiger partial charge in [0.2, 0.25) is 0 Å². The summed E-state index contributed by atoms with van der Waals surface area (Å²) in [4.78, 5) is 12.3. The summed E-state index contributed by atoms with van der Waals surface area (Å²) in [5.74, 6) is -0.308. The Balaban J connectivity index is 1.75. The number of halogens is 1. The first-order chi connectivity index (χ1) is 12.1. The number of carbonyl (C=O) groups is 1. The topological polar surface area (TPSA) is 41.1 Å². The van der Waals surface area contributed by atoms with E-state index in [1.54, 1.807) is 24.3 Å². The van der Waals surface area contributed by atoms with E-state index < -0.39 is 0 Å². The second-order valence-corrected chi connectivity index (χ2v) is 6.17. The maximum atomic E-state index is 12.3. The summed E-state index contributed by atoms with van der Waals surface area (Å²) in [6.07, 6.45) is 0. The number of hydrogen-bond acceptors (Lipinski definition) is 2. The molecule has 3 rings (SSSR count). The van der Waals surface area contributed by atoms with Gasteiger partial charge in [0.05, 0.1) is 0 Å². The Hall–Kier alpha value is -2.69. The van der Waals surface area contributed by atoms with Crippen LogP contribution in [0.15, 0.2) is 78.9 Å². The van der Waals surface area contributed by atoms with Crippen molar-refractivity contribution in [1.82, 2.24) is 5.32 Å². The Kier molecular flexibility index (Phi) is 5.43. The predicted octanol–water partition coefficient (Wildman–Crippen LogP) is 5.13. The molecule has 3 aromatic rings. The molecule has 3 aromatic carbocycles. The third-order valence-corrected chi connectivity index (χ3v) is 4.01. The standard InChI is InChI=1S/C20H15ClN2OS/c21-16-10-6-9-15(13-16)19(24)23-20(25)22-18-12-5-4-11-17(18)14-7-2-1-3-8-14/h1-13H,(H2,22,23,24,25). The van der Waals surface area contributed by atoms with Crippen LogP contribution in [0.5, 0.6) is 0 Å². The minimum atomic E-state index is -0.308. The molecule has 1 amide bonds. The first-order valence-electron chi connectivity index (χ1n) is 7.66. The molecule has 0 aliphatic carbocycles. The molecule has 0 bridgehead atoms. The largest absolute Gasteiger partial charge is 0.332 e. The summed E-state index contributed by atoms with van der Waals surface area (Å²) in [7, 11) is 0. The van der Waals surface area contributed by atoms with Gasteiger partial charge in [-0.2, -0.15) is 0 Å². The molecule has 0 unspecified atom stereocenters. The molecular weight excluding hydrogens is 352 g/mol. The van der Waals surface area contributed by atoms with Crippen LogP contribution in [0.25, 0.3) is 11.1 Å². The highest BCUT2D eigenvalue weighted by atomic mass is 35.5. The van der Waals surface area contributed by atoms with E-state index in [0.717, 1.165) is 16.8 Å². The molecule has 0 atom stereocenters. The lowest BCUT2D eigenvalue weighted by atomic mass is 10.0. The summed E-state index contributed by atoms with van der Waals surface area (Å²) in [6.45, 7) is 0. The first-order valence-corrected chi connectivity index (χ1v) is 8.44. The smallest absolute Gasteiger partial charge is 0.257 e. The molecule has 0 heterocycles. The molecule has 0 spiro atoms. The van der Waals surface area contributed by atoms with Gasteiger partial charge in [0.15, 0.2) is 5.11 Å². The lowest BCUT2D eigenvalue weighted by molar-refractivity contribution is 0.0977. The van der Waals surface area contributed by atoms with Gasteiger partial charge in [0.25, 0.3) is 5.91 Å². The molecule has 2 N–H and O–H groups in total. The van der Waals surface area contributed by atoms with Gasteiger partial charge in [-0.15, -0.1) is 0 Å². The second kappa shape index (κ2) is 7.92. The molecule has 124 valence electrons. The van der Waals surface area contributed by atoms with Crippen molar-refractivity contribution in [2.75, 3.05) is 5.32 Å². The molecule has 0 saturated heterocycles. The maximum absolute atomic E-state index is 12.3. The van der Waals surface area contributed by atoms with Gasteiger partial charge in [-0.3, -0.25) is 10.1 Å². The number of carbonyl (C=O) groups excluding carboxylic acids is 1. The molecule has 25 heavy (non-hydrogen) atoms. The number of amides is 1. The van der Waals surface area contributed by atoms with E-state index in [1.807, 2.05) is 54.6 Å². The minimum Gasteiger partial charge on any atom is -0.332 e. The summed E-state index contributed by atoms with van der Waals surface area (Å²) in [5, 5.41) is 6.49. The van der Waals surface area contributed by atoms with E-state index in [4.69, 9.17) is 23.8 Å². The third kappa shape index (κ3) is 4.44. The fraction of sp³-hybridized carbons (Fsp3) is 0. The van der Waals surface area contributed by atoms with E-state index in [-0.39, 0.29) is 11.0 Å².